The molecule has 0 saturated heterocycles. The zero-order valence-corrected chi connectivity index (χ0v) is 9.39. The molecular formula is C13H18FN. The molecule has 2 rings (SSSR count). The number of nitrogens with one attached hydrogen (secondary N) is 1. The molecule has 0 aromatic heterocycles. The molecule has 0 saturated carbocycles. The van der Waals surface area contributed by atoms with Gasteiger partial charge in [0.2, 0.25) is 0 Å². The smallest absolute Gasteiger partial charge is 0.123 e. The van der Waals surface area contributed by atoms with Crippen molar-refractivity contribution in [1.29, 1.82) is 0 Å². The molecule has 1 aromatic rings. The molecule has 2 atom stereocenters. The van der Waals surface area contributed by atoms with Crippen molar-refractivity contribution in [2.45, 2.75) is 45.2 Å². The summed E-state index contributed by atoms with van der Waals surface area (Å²) in [6.07, 6.45) is 3.18. The van der Waals surface area contributed by atoms with Crippen LogP contribution in [0.4, 0.5) is 4.39 Å². The number of benzene rings is 1. The molecule has 0 spiro atoms. The monoisotopic (exact) mass is 207 g/mol. The predicted molar refractivity (Wildman–Crippen MR) is 60.4 cm³/mol. The Morgan fingerprint density at radius 3 is 2.80 bits per heavy atom. The van der Waals surface area contributed by atoms with E-state index in [1.807, 2.05) is 6.07 Å². The highest BCUT2D eigenvalue weighted by Crippen LogP contribution is 2.28. The van der Waals surface area contributed by atoms with Crippen LogP contribution >= 0.6 is 0 Å². The molecule has 0 fully saturated rings. The highest BCUT2D eigenvalue weighted by molar-refractivity contribution is 5.33. The van der Waals surface area contributed by atoms with Crippen LogP contribution in [0.5, 0.6) is 0 Å². The lowest BCUT2D eigenvalue weighted by Gasteiger charge is -2.32. The highest BCUT2D eigenvalue weighted by atomic mass is 19.1. The molecule has 2 heteroatoms. The lowest BCUT2D eigenvalue weighted by atomic mass is 9.88. The highest BCUT2D eigenvalue weighted by Gasteiger charge is 2.23. The third kappa shape index (κ3) is 2.05. The quantitative estimate of drug-likeness (QED) is 0.785. The van der Waals surface area contributed by atoms with Gasteiger partial charge in [0.05, 0.1) is 0 Å². The Kier molecular flexibility index (Phi) is 3.06. The van der Waals surface area contributed by atoms with Crippen LogP contribution in [-0.2, 0) is 6.42 Å². The van der Waals surface area contributed by atoms with Gasteiger partial charge in [0.15, 0.2) is 0 Å². The molecule has 82 valence electrons. The van der Waals surface area contributed by atoms with Crippen molar-refractivity contribution < 1.29 is 4.39 Å². The number of fused-ring (bicyclic) bond motifs is 1. The maximum absolute atomic E-state index is 13.2. The molecular weight excluding hydrogens is 189 g/mol. The van der Waals surface area contributed by atoms with Gasteiger partial charge < -0.3 is 5.32 Å². The van der Waals surface area contributed by atoms with Gasteiger partial charge in [-0.2, -0.15) is 0 Å². The Labute approximate surface area is 90.7 Å². The van der Waals surface area contributed by atoms with Crippen LogP contribution in [0.1, 0.15) is 43.9 Å². The van der Waals surface area contributed by atoms with Crippen molar-refractivity contribution in [2.24, 2.45) is 0 Å². The zero-order valence-electron chi connectivity index (χ0n) is 9.39. The first-order valence-electron chi connectivity index (χ1n) is 5.79. The minimum absolute atomic E-state index is 0.121. The number of hydrogen-bond acceptors (Lipinski definition) is 1. The third-order valence-electron chi connectivity index (χ3n) is 3.29. The first-order valence-corrected chi connectivity index (χ1v) is 5.79. The van der Waals surface area contributed by atoms with E-state index in [4.69, 9.17) is 0 Å². The van der Waals surface area contributed by atoms with Crippen LogP contribution in [0.15, 0.2) is 18.2 Å². The van der Waals surface area contributed by atoms with E-state index in [0.717, 1.165) is 24.8 Å². The van der Waals surface area contributed by atoms with Gasteiger partial charge in [-0.25, -0.2) is 4.39 Å². The molecule has 1 aliphatic rings. The Hall–Kier alpha value is -0.890. The normalized spacial score (nSPS) is 25.0. The van der Waals surface area contributed by atoms with E-state index >= 15 is 0 Å². The van der Waals surface area contributed by atoms with Crippen LogP contribution in [0.3, 0.4) is 0 Å². The van der Waals surface area contributed by atoms with E-state index in [2.05, 4.69) is 19.2 Å². The van der Waals surface area contributed by atoms with Gasteiger partial charge in [-0.15, -0.1) is 0 Å². The summed E-state index contributed by atoms with van der Waals surface area (Å²) < 4.78 is 13.2. The van der Waals surface area contributed by atoms with Crippen molar-refractivity contribution in [3.8, 4) is 0 Å². The van der Waals surface area contributed by atoms with E-state index in [1.165, 1.54) is 5.56 Å². The van der Waals surface area contributed by atoms with Gasteiger partial charge in [0.25, 0.3) is 0 Å². The summed E-state index contributed by atoms with van der Waals surface area (Å²) in [4.78, 5) is 0. The van der Waals surface area contributed by atoms with Crippen molar-refractivity contribution in [3.63, 3.8) is 0 Å². The maximum Gasteiger partial charge on any atom is 0.123 e. The molecule has 1 aromatic carbocycles. The van der Waals surface area contributed by atoms with Gasteiger partial charge >= 0.3 is 0 Å². The number of rotatable bonds is 2. The van der Waals surface area contributed by atoms with E-state index in [-0.39, 0.29) is 5.82 Å². The largest absolute Gasteiger partial charge is 0.307 e. The molecule has 1 nitrogen and oxygen atoms in total. The summed E-state index contributed by atoms with van der Waals surface area (Å²) in [5, 5.41) is 3.57. The van der Waals surface area contributed by atoms with Crippen molar-refractivity contribution in [3.05, 3.63) is 35.1 Å². The Morgan fingerprint density at radius 1 is 1.33 bits per heavy atom. The average molecular weight is 207 g/mol. The van der Waals surface area contributed by atoms with Gasteiger partial charge in [-0.3, -0.25) is 0 Å². The minimum Gasteiger partial charge on any atom is -0.307 e. The van der Waals surface area contributed by atoms with Gasteiger partial charge in [0.1, 0.15) is 5.82 Å². The second-order valence-corrected chi connectivity index (χ2v) is 4.28. The molecule has 0 aliphatic carbocycles. The molecule has 1 N–H and O–H groups in total. The van der Waals surface area contributed by atoms with E-state index in [9.17, 15) is 4.39 Å². The minimum atomic E-state index is -0.121. The topological polar surface area (TPSA) is 12.0 Å². The lowest BCUT2D eigenvalue weighted by Crippen LogP contribution is -2.38. The lowest BCUT2D eigenvalue weighted by molar-refractivity contribution is 0.384. The molecule has 0 bridgehead atoms. The van der Waals surface area contributed by atoms with Crippen LogP contribution in [0.2, 0.25) is 0 Å². The Morgan fingerprint density at radius 2 is 2.13 bits per heavy atom. The third-order valence-corrected chi connectivity index (χ3v) is 3.29. The standard InChI is InChI=1S/C13H18FN/c1-3-11-7-9-5-6-10(14)8-12(9)13(4-2)15-11/h5-6,8,11,13,15H,3-4,7H2,1-2H3. The zero-order chi connectivity index (χ0) is 10.8. The molecule has 1 heterocycles. The van der Waals surface area contributed by atoms with Crippen LogP contribution in [0.25, 0.3) is 0 Å². The van der Waals surface area contributed by atoms with Crippen molar-refractivity contribution in [1.82, 2.24) is 5.32 Å². The van der Waals surface area contributed by atoms with Gasteiger partial charge in [0, 0.05) is 12.1 Å². The average Bonchev–Trinajstić information content (AvgIpc) is 2.27. The first-order chi connectivity index (χ1) is 7.24. The van der Waals surface area contributed by atoms with E-state index in [1.54, 1.807) is 12.1 Å². The fourth-order valence-electron chi connectivity index (χ4n) is 2.37. The van der Waals surface area contributed by atoms with Crippen LogP contribution < -0.4 is 5.32 Å². The Balaban J connectivity index is 2.35. The Bertz CT molecular complexity index is 348. The molecule has 2 unspecified atom stereocenters. The maximum atomic E-state index is 13.2. The summed E-state index contributed by atoms with van der Waals surface area (Å²) in [7, 11) is 0. The van der Waals surface area contributed by atoms with Crippen molar-refractivity contribution >= 4 is 0 Å². The predicted octanol–water partition coefficient (Wildman–Crippen LogP) is 3.20. The van der Waals surface area contributed by atoms with Gasteiger partial charge in [-0.1, -0.05) is 19.9 Å². The summed E-state index contributed by atoms with van der Waals surface area (Å²) in [5.41, 5.74) is 2.47. The molecule has 15 heavy (non-hydrogen) atoms. The summed E-state index contributed by atoms with van der Waals surface area (Å²) >= 11 is 0. The summed E-state index contributed by atoms with van der Waals surface area (Å²) in [6, 6.07) is 6.07. The second-order valence-electron chi connectivity index (χ2n) is 4.28. The fourth-order valence-corrected chi connectivity index (χ4v) is 2.37. The molecule has 1 aliphatic heterocycles. The van der Waals surface area contributed by atoms with Crippen molar-refractivity contribution in [2.75, 3.05) is 0 Å². The van der Waals surface area contributed by atoms with E-state index < -0.39 is 0 Å². The summed E-state index contributed by atoms with van der Waals surface area (Å²) in [6.45, 7) is 4.34. The summed E-state index contributed by atoms with van der Waals surface area (Å²) in [5.74, 6) is -0.121. The fraction of sp³-hybridized carbons (Fsp3) is 0.538. The molecule has 0 amide bonds. The second kappa shape index (κ2) is 4.31. The number of halogens is 1. The van der Waals surface area contributed by atoms with Gasteiger partial charge in [-0.05, 0) is 42.5 Å². The SMILES string of the molecule is CCC1Cc2ccc(F)cc2C(CC)N1. The van der Waals surface area contributed by atoms with Crippen LogP contribution in [0, 0.1) is 5.82 Å². The number of hydrogen-bond donors (Lipinski definition) is 1. The van der Waals surface area contributed by atoms with Crippen LogP contribution in [-0.4, -0.2) is 6.04 Å². The molecule has 0 radical (unpaired) electrons. The first kappa shape index (κ1) is 10.6. The van der Waals surface area contributed by atoms with E-state index in [0.29, 0.717) is 12.1 Å².